The van der Waals surface area contributed by atoms with E-state index < -0.39 is 0 Å². The van der Waals surface area contributed by atoms with Crippen LogP contribution in [0.1, 0.15) is 5.82 Å². The maximum Gasteiger partial charge on any atom is 0.261 e. The molecule has 0 spiro atoms. The van der Waals surface area contributed by atoms with Gasteiger partial charge in [0.05, 0.1) is 10.9 Å². The van der Waals surface area contributed by atoms with Gasteiger partial charge in [0.2, 0.25) is 0 Å². The SMILES string of the molecule is CN(C)CCc1nc2cc(Br)ccc2c(=O)n1C. The highest BCUT2D eigenvalue weighted by molar-refractivity contribution is 9.10. The van der Waals surface area contributed by atoms with E-state index in [-0.39, 0.29) is 5.56 Å². The van der Waals surface area contributed by atoms with E-state index in [0.717, 1.165) is 28.8 Å². The van der Waals surface area contributed by atoms with Crippen molar-refractivity contribution in [2.24, 2.45) is 7.05 Å². The third kappa shape index (κ3) is 2.62. The van der Waals surface area contributed by atoms with Crippen LogP contribution in [-0.2, 0) is 13.5 Å². The molecule has 0 atom stereocenters. The molecule has 2 rings (SSSR count). The van der Waals surface area contributed by atoms with Gasteiger partial charge in [-0.2, -0.15) is 0 Å². The summed E-state index contributed by atoms with van der Waals surface area (Å²) in [4.78, 5) is 18.9. The molecule has 1 aromatic carbocycles. The zero-order valence-electron chi connectivity index (χ0n) is 10.8. The Hall–Kier alpha value is -1.20. The fourth-order valence-corrected chi connectivity index (χ4v) is 2.19. The molecule has 0 aliphatic rings. The lowest BCUT2D eigenvalue weighted by Gasteiger charge is -2.12. The first-order valence-corrected chi connectivity index (χ1v) is 6.58. The predicted octanol–water partition coefficient (Wildman–Crippen LogP) is 1.80. The molecule has 96 valence electrons. The minimum Gasteiger partial charge on any atom is -0.309 e. The second-order valence-corrected chi connectivity index (χ2v) is 5.52. The van der Waals surface area contributed by atoms with Gasteiger partial charge in [-0.3, -0.25) is 9.36 Å². The Kier molecular flexibility index (Phi) is 3.82. The number of aromatic nitrogens is 2. The Balaban J connectivity index is 2.54. The summed E-state index contributed by atoms with van der Waals surface area (Å²) in [6.45, 7) is 0.875. The third-order valence-corrected chi connectivity index (χ3v) is 3.41. The van der Waals surface area contributed by atoms with Gasteiger partial charge in [-0.15, -0.1) is 0 Å². The fraction of sp³-hybridized carbons (Fsp3) is 0.385. The summed E-state index contributed by atoms with van der Waals surface area (Å²) in [6, 6.07) is 5.56. The fourth-order valence-electron chi connectivity index (χ4n) is 1.84. The second kappa shape index (κ2) is 5.20. The number of rotatable bonds is 3. The summed E-state index contributed by atoms with van der Waals surface area (Å²) in [5, 5.41) is 0.661. The number of halogens is 1. The molecule has 0 saturated carbocycles. The van der Waals surface area contributed by atoms with Crippen LogP contribution in [-0.4, -0.2) is 35.1 Å². The van der Waals surface area contributed by atoms with Gasteiger partial charge < -0.3 is 4.90 Å². The smallest absolute Gasteiger partial charge is 0.261 e. The molecule has 0 amide bonds. The highest BCUT2D eigenvalue weighted by Gasteiger charge is 2.08. The summed E-state index contributed by atoms with van der Waals surface area (Å²) in [7, 11) is 5.80. The van der Waals surface area contributed by atoms with Crippen molar-refractivity contribution in [2.45, 2.75) is 6.42 Å². The van der Waals surface area contributed by atoms with Crippen LogP contribution >= 0.6 is 15.9 Å². The molecule has 18 heavy (non-hydrogen) atoms. The lowest BCUT2D eigenvalue weighted by atomic mass is 10.2. The Bertz CT molecular complexity index is 634. The summed E-state index contributed by atoms with van der Waals surface area (Å²) >= 11 is 3.41. The van der Waals surface area contributed by atoms with Crippen LogP contribution in [0.25, 0.3) is 10.9 Å². The molecule has 0 fully saturated rings. The summed E-state index contributed by atoms with van der Waals surface area (Å²) < 4.78 is 2.58. The first-order valence-electron chi connectivity index (χ1n) is 5.79. The minimum atomic E-state index is 0.0151. The maximum absolute atomic E-state index is 12.2. The van der Waals surface area contributed by atoms with Crippen LogP contribution in [0.4, 0.5) is 0 Å². The molecule has 0 unspecified atom stereocenters. The van der Waals surface area contributed by atoms with Crippen molar-refractivity contribution in [3.8, 4) is 0 Å². The third-order valence-electron chi connectivity index (χ3n) is 2.91. The van der Waals surface area contributed by atoms with Crippen molar-refractivity contribution in [3.05, 3.63) is 38.9 Å². The van der Waals surface area contributed by atoms with Gasteiger partial charge >= 0.3 is 0 Å². The lowest BCUT2D eigenvalue weighted by Crippen LogP contribution is -2.25. The number of hydrogen-bond donors (Lipinski definition) is 0. The minimum absolute atomic E-state index is 0.0151. The van der Waals surface area contributed by atoms with Crippen molar-refractivity contribution < 1.29 is 0 Å². The molecule has 0 radical (unpaired) electrons. The Morgan fingerprint density at radius 1 is 1.39 bits per heavy atom. The average molecular weight is 310 g/mol. The van der Waals surface area contributed by atoms with Crippen LogP contribution < -0.4 is 5.56 Å². The molecule has 0 bridgehead atoms. The molecule has 2 aromatic rings. The van der Waals surface area contributed by atoms with E-state index in [1.165, 1.54) is 0 Å². The Morgan fingerprint density at radius 2 is 2.11 bits per heavy atom. The zero-order chi connectivity index (χ0) is 13.3. The molecular weight excluding hydrogens is 294 g/mol. The van der Waals surface area contributed by atoms with Crippen LogP contribution in [0.5, 0.6) is 0 Å². The van der Waals surface area contributed by atoms with Gasteiger partial charge in [-0.05, 0) is 32.3 Å². The first-order chi connectivity index (χ1) is 8.49. The number of benzene rings is 1. The second-order valence-electron chi connectivity index (χ2n) is 4.61. The van der Waals surface area contributed by atoms with Crippen LogP contribution in [0.3, 0.4) is 0 Å². The topological polar surface area (TPSA) is 38.1 Å². The molecule has 0 N–H and O–H groups in total. The van der Waals surface area contributed by atoms with Crippen molar-refractivity contribution in [1.29, 1.82) is 0 Å². The molecule has 1 heterocycles. The lowest BCUT2D eigenvalue weighted by molar-refractivity contribution is 0.406. The van der Waals surface area contributed by atoms with Crippen LogP contribution in [0, 0.1) is 0 Å². The van der Waals surface area contributed by atoms with Crippen molar-refractivity contribution in [3.63, 3.8) is 0 Å². The number of fused-ring (bicyclic) bond motifs is 1. The van der Waals surface area contributed by atoms with E-state index in [4.69, 9.17) is 0 Å². The van der Waals surface area contributed by atoms with Gasteiger partial charge in [0.15, 0.2) is 0 Å². The van der Waals surface area contributed by atoms with Crippen molar-refractivity contribution in [2.75, 3.05) is 20.6 Å². The quantitative estimate of drug-likeness (QED) is 0.868. The van der Waals surface area contributed by atoms with Gasteiger partial charge in [-0.1, -0.05) is 15.9 Å². The van der Waals surface area contributed by atoms with Crippen molar-refractivity contribution >= 4 is 26.8 Å². The maximum atomic E-state index is 12.2. The number of nitrogens with zero attached hydrogens (tertiary/aromatic N) is 3. The van der Waals surface area contributed by atoms with Gasteiger partial charge in [0.1, 0.15) is 5.82 Å². The molecule has 1 aromatic heterocycles. The summed E-state index contributed by atoms with van der Waals surface area (Å²) in [6.07, 6.45) is 0.765. The van der Waals surface area contributed by atoms with E-state index >= 15 is 0 Å². The van der Waals surface area contributed by atoms with E-state index in [1.54, 1.807) is 11.6 Å². The van der Waals surface area contributed by atoms with E-state index in [9.17, 15) is 4.79 Å². The average Bonchev–Trinajstić information content (AvgIpc) is 2.31. The monoisotopic (exact) mass is 309 g/mol. The predicted molar refractivity (Wildman–Crippen MR) is 76.9 cm³/mol. The highest BCUT2D eigenvalue weighted by atomic mass is 79.9. The van der Waals surface area contributed by atoms with E-state index in [0.29, 0.717) is 5.39 Å². The number of likely N-dealkylation sites (N-methyl/N-ethyl adjacent to an activating group) is 1. The first kappa shape index (κ1) is 13.2. The largest absolute Gasteiger partial charge is 0.309 e. The standard InChI is InChI=1S/C13H16BrN3O/c1-16(2)7-6-12-15-11-8-9(14)4-5-10(11)13(18)17(12)3/h4-5,8H,6-7H2,1-3H3. The van der Waals surface area contributed by atoms with Crippen molar-refractivity contribution in [1.82, 2.24) is 14.5 Å². The highest BCUT2D eigenvalue weighted by Crippen LogP contribution is 2.15. The van der Waals surface area contributed by atoms with E-state index in [2.05, 4.69) is 25.8 Å². The zero-order valence-corrected chi connectivity index (χ0v) is 12.4. The molecule has 5 heteroatoms. The van der Waals surface area contributed by atoms with Crippen LogP contribution in [0.2, 0.25) is 0 Å². The molecule has 0 aliphatic heterocycles. The normalized spacial score (nSPS) is 11.4. The van der Waals surface area contributed by atoms with Gasteiger partial charge in [0, 0.05) is 24.5 Å². The Morgan fingerprint density at radius 3 is 2.78 bits per heavy atom. The molecule has 0 aliphatic carbocycles. The Labute approximate surface area is 114 Å². The summed E-state index contributed by atoms with van der Waals surface area (Å²) in [5.74, 6) is 0.819. The molecule has 0 saturated heterocycles. The number of hydrogen-bond acceptors (Lipinski definition) is 3. The molecule has 4 nitrogen and oxygen atoms in total. The molecular formula is C13H16BrN3O. The van der Waals surface area contributed by atoms with Gasteiger partial charge in [-0.25, -0.2) is 4.98 Å². The van der Waals surface area contributed by atoms with E-state index in [1.807, 2.05) is 32.3 Å². The van der Waals surface area contributed by atoms with Gasteiger partial charge in [0.25, 0.3) is 5.56 Å². The summed E-state index contributed by atoms with van der Waals surface area (Å²) in [5.41, 5.74) is 0.766. The van der Waals surface area contributed by atoms with Crippen LogP contribution in [0.15, 0.2) is 27.5 Å².